The van der Waals surface area contributed by atoms with E-state index in [0.29, 0.717) is 11.6 Å². The van der Waals surface area contributed by atoms with Gasteiger partial charge in [0.15, 0.2) is 0 Å². The van der Waals surface area contributed by atoms with Crippen LogP contribution in [0.25, 0.3) is 11.0 Å². The van der Waals surface area contributed by atoms with Crippen LogP contribution in [0, 0.1) is 13.8 Å². The molecule has 3 heterocycles. The number of aryl methyl sites for hydroxylation is 3. The molecule has 1 fully saturated rings. The molecule has 4 heteroatoms. The second-order valence-electron chi connectivity index (χ2n) is 7.20. The molecule has 4 nitrogen and oxygen atoms in total. The van der Waals surface area contributed by atoms with E-state index in [2.05, 4.69) is 47.8 Å². The van der Waals surface area contributed by atoms with Gasteiger partial charge in [0.05, 0.1) is 6.04 Å². The first-order valence-electron chi connectivity index (χ1n) is 8.92. The smallest absolute Gasteiger partial charge is 0.336 e. The van der Waals surface area contributed by atoms with E-state index in [4.69, 9.17) is 4.42 Å². The number of fused-ring (bicyclic) bond motifs is 1. The Labute approximate surface area is 147 Å². The summed E-state index contributed by atoms with van der Waals surface area (Å²) >= 11 is 0. The van der Waals surface area contributed by atoms with Gasteiger partial charge in [0.25, 0.3) is 0 Å². The standard InChI is InChI=1S/C21H24N2O2/c1-14-10-17-16(12-21(24)25-20(17)11-15(14)2)13-23-9-5-7-19(23)18-6-4-8-22(18)3/h4,6,8,10-12,19H,5,7,9,13H2,1-3H3. The SMILES string of the molecule is Cc1cc2oc(=O)cc(CN3CCCC3c3cccn3C)c2cc1C. The molecular formula is C21H24N2O2. The number of aromatic nitrogens is 1. The molecule has 0 radical (unpaired) electrons. The fraction of sp³-hybridized carbons (Fsp3) is 0.381. The molecule has 0 amide bonds. The number of rotatable bonds is 3. The summed E-state index contributed by atoms with van der Waals surface area (Å²) in [5.74, 6) is 0. The summed E-state index contributed by atoms with van der Waals surface area (Å²) in [6.45, 7) is 5.99. The van der Waals surface area contributed by atoms with Gasteiger partial charge in [-0.05, 0) is 74.2 Å². The van der Waals surface area contributed by atoms with Crippen LogP contribution in [0.1, 0.15) is 41.3 Å². The van der Waals surface area contributed by atoms with Gasteiger partial charge < -0.3 is 8.98 Å². The van der Waals surface area contributed by atoms with Crippen LogP contribution in [0.5, 0.6) is 0 Å². The van der Waals surface area contributed by atoms with E-state index in [1.54, 1.807) is 6.07 Å². The van der Waals surface area contributed by atoms with Gasteiger partial charge in [-0.15, -0.1) is 0 Å². The van der Waals surface area contributed by atoms with Crippen molar-refractivity contribution in [2.75, 3.05) is 6.54 Å². The molecule has 3 aromatic rings. The van der Waals surface area contributed by atoms with Crippen LogP contribution in [-0.2, 0) is 13.6 Å². The Morgan fingerprint density at radius 1 is 1.20 bits per heavy atom. The lowest BCUT2D eigenvalue weighted by molar-refractivity contribution is 0.241. The molecule has 1 aromatic carbocycles. The van der Waals surface area contributed by atoms with E-state index in [9.17, 15) is 4.79 Å². The number of hydrogen-bond acceptors (Lipinski definition) is 3. The summed E-state index contributed by atoms with van der Waals surface area (Å²) in [6.07, 6.45) is 4.45. The molecule has 0 N–H and O–H groups in total. The van der Waals surface area contributed by atoms with Crippen molar-refractivity contribution in [3.63, 3.8) is 0 Å². The molecular weight excluding hydrogens is 312 g/mol. The molecule has 1 atom stereocenters. The third-order valence-electron chi connectivity index (χ3n) is 5.51. The van der Waals surface area contributed by atoms with Crippen molar-refractivity contribution >= 4 is 11.0 Å². The predicted octanol–water partition coefficient (Wildman–Crippen LogP) is 4.09. The largest absolute Gasteiger partial charge is 0.423 e. The average molecular weight is 336 g/mol. The van der Waals surface area contributed by atoms with Gasteiger partial charge in [-0.1, -0.05) is 0 Å². The Morgan fingerprint density at radius 2 is 2.00 bits per heavy atom. The van der Waals surface area contributed by atoms with Gasteiger partial charge in [-0.2, -0.15) is 0 Å². The average Bonchev–Trinajstić information content (AvgIpc) is 3.17. The lowest BCUT2D eigenvalue weighted by Gasteiger charge is -2.25. The van der Waals surface area contributed by atoms with Crippen molar-refractivity contribution in [1.29, 1.82) is 0 Å². The quantitative estimate of drug-likeness (QED) is 0.676. The van der Waals surface area contributed by atoms with Crippen molar-refractivity contribution in [2.45, 2.75) is 39.3 Å². The number of hydrogen-bond donors (Lipinski definition) is 0. The van der Waals surface area contributed by atoms with Gasteiger partial charge in [0.1, 0.15) is 5.58 Å². The molecule has 1 aliphatic rings. The van der Waals surface area contributed by atoms with Crippen LogP contribution in [0.3, 0.4) is 0 Å². The molecule has 0 bridgehead atoms. The second kappa shape index (κ2) is 6.19. The number of nitrogens with zero attached hydrogens (tertiary/aromatic N) is 2. The van der Waals surface area contributed by atoms with E-state index in [1.165, 1.54) is 17.7 Å². The molecule has 25 heavy (non-hydrogen) atoms. The van der Waals surface area contributed by atoms with E-state index in [-0.39, 0.29) is 5.63 Å². The van der Waals surface area contributed by atoms with Crippen molar-refractivity contribution in [1.82, 2.24) is 9.47 Å². The highest BCUT2D eigenvalue weighted by Gasteiger charge is 2.28. The van der Waals surface area contributed by atoms with E-state index in [0.717, 1.165) is 36.0 Å². The van der Waals surface area contributed by atoms with Crippen molar-refractivity contribution < 1.29 is 4.42 Å². The minimum absolute atomic E-state index is 0.264. The number of benzene rings is 1. The zero-order valence-electron chi connectivity index (χ0n) is 15.1. The molecule has 0 aliphatic carbocycles. The summed E-state index contributed by atoms with van der Waals surface area (Å²) in [5.41, 5.74) is 5.21. The topological polar surface area (TPSA) is 38.4 Å². The second-order valence-corrected chi connectivity index (χ2v) is 7.20. The van der Waals surface area contributed by atoms with E-state index in [1.807, 2.05) is 13.0 Å². The van der Waals surface area contributed by atoms with Crippen molar-refractivity contribution in [2.24, 2.45) is 7.05 Å². The number of likely N-dealkylation sites (tertiary alicyclic amines) is 1. The lowest BCUT2D eigenvalue weighted by Crippen LogP contribution is -2.24. The Kier molecular flexibility index (Phi) is 4.00. The summed E-state index contributed by atoms with van der Waals surface area (Å²) in [6, 6.07) is 10.5. The third-order valence-corrected chi connectivity index (χ3v) is 5.51. The Balaban J connectivity index is 1.74. The Hall–Kier alpha value is -2.33. The first-order valence-corrected chi connectivity index (χ1v) is 8.92. The van der Waals surface area contributed by atoms with Gasteiger partial charge in [-0.3, -0.25) is 4.90 Å². The highest BCUT2D eigenvalue weighted by Crippen LogP contribution is 2.34. The van der Waals surface area contributed by atoms with Gasteiger partial charge >= 0.3 is 5.63 Å². The summed E-state index contributed by atoms with van der Waals surface area (Å²) in [7, 11) is 2.10. The highest BCUT2D eigenvalue weighted by molar-refractivity contribution is 5.81. The van der Waals surface area contributed by atoms with Gasteiger partial charge in [0, 0.05) is 36.9 Å². The van der Waals surface area contributed by atoms with Crippen molar-refractivity contribution in [3.8, 4) is 0 Å². The monoisotopic (exact) mass is 336 g/mol. The first kappa shape index (κ1) is 16.2. The summed E-state index contributed by atoms with van der Waals surface area (Å²) in [4.78, 5) is 14.5. The van der Waals surface area contributed by atoms with E-state index >= 15 is 0 Å². The Bertz CT molecular complexity index is 983. The van der Waals surface area contributed by atoms with Gasteiger partial charge in [0.2, 0.25) is 0 Å². The predicted molar refractivity (Wildman–Crippen MR) is 99.8 cm³/mol. The zero-order valence-corrected chi connectivity index (χ0v) is 15.1. The van der Waals surface area contributed by atoms with Crippen LogP contribution in [0.2, 0.25) is 0 Å². The van der Waals surface area contributed by atoms with Gasteiger partial charge in [-0.25, -0.2) is 4.79 Å². The summed E-state index contributed by atoms with van der Waals surface area (Å²) < 4.78 is 7.64. The molecule has 4 rings (SSSR count). The fourth-order valence-corrected chi connectivity index (χ4v) is 4.00. The minimum Gasteiger partial charge on any atom is -0.423 e. The van der Waals surface area contributed by atoms with Crippen molar-refractivity contribution in [3.05, 3.63) is 69.3 Å². The maximum atomic E-state index is 12.0. The maximum Gasteiger partial charge on any atom is 0.336 e. The maximum absolute atomic E-state index is 12.0. The van der Waals surface area contributed by atoms with Crippen LogP contribution in [-0.4, -0.2) is 16.0 Å². The molecule has 1 aliphatic heterocycles. The lowest BCUT2D eigenvalue weighted by atomic mass is 10.0. The zero-order chi connectivity index (χ0) is 17.6. The fourth-order valence-electron chi connectivity index (χ4n) is 4.00. The molecule has 1 saturated heterocycles. The first-order chi connectivity index (χ1) is 12.0. The minimum atomic E-state index is -0.264. The summed E-state index contributed by atoms with van der Waals surface area (Å²) in [5, 5.41) is 1.06. The van der Waals surface area contributed by atoms with Crippen LogP contribution >= 0.6 is 0 Å². The molecule has 0 spiro atoms. The van der Waals surface area contributed by atoms with Crippen LogP contribution < -0.4 is 5.63 Å². The molecule has 130 valence electrons. The van der Waals surface area contributed by atoms with E-state index < -0.39 is 0 Å². The highest BCUT2D eigenvalue weighted by atomic mass is 16.4. The van der Waals surface area contributed by atoms with Crippen LogP contribution in [0.15, 0.2) is 45.7 Å². The van der Waals surface area contributed by atoms with Crippen LogP contribution in [0.4, 0.5) is 0 Å². The third kappa shape index (κ3) is 2.91. The normalized spacial score (nSPS) is 18.3. The Morgan fingerprint density at radius 3 is 2.76 bits per heavy atom. The molecule has 1 unspecified atom stereocenters. The molecule has 0 saturated carbocycles. The molecule has 2 aromatic heterocycles.